The summed E-state index contributed by atoms with van der Waals surface area (Å²) in [6.07, 6.45) is 9.28. The Morgan fingerprint density at radius 3 is 2.76 bits per heavy atom. The zero-order valence-electron chi connectivity index (χ0n) is 17.4. The number of hydrogen-bond acceptors (Lipinski definition) is 5. The van der Waals surface area contributed by atoms with Crippen molar-refractivity contribution in [3.63, 3.8) is 0 Å². The minimum Gasteiger partial charge on any atom is -0.379 e. The maximum atomic E-state index is 5.59. The van der Waals surface area contributed by atoms with Crippen molar-refractivity contribution in [2.75, 3.05) is 46.4 Å². The van der Waals surface area contributed by atoms with Crippen molar-refractivity contribution in [2.45, 2.75) is 44.1 Å². The van der Waals surface area contributed by atoms with Gasteiger partial charge in [-0.2, -0.15) is 0 Å². The van der Waals surface area contributed by atoms with Gasteiger partial charge in [0, 0.05) is 51.4 Å². The molecule has 2 aromatic rings. The Kier molecular flexibility index (Phi) is 6.61. The molecule has 0 radical (unpaired) electrons. The van der Waals surface area contributed by atoms with Crippen LogP contribution in [0.1, 0.15) is 37.9 Å². The zero-order valence-corrected chi connectivity index (χ0v) is 17.4. The van der Waals surface area contributed by atoms with E-state index in [-0.39, 0.29) is 5.54 Å². The third-order valence-electron chi connectivity index (χ3n) is 6.30. The van der Waals surface area contributed by atoms with Crippen LogP contribution in [0, 0.1) is 0 Å². The number of rotatable bonds is 6. The predicted octanol–water partition coefficient (Wildman–Crippen LogP) is 1.47. The first-order chi connectivity index (χ1) is 14.3. The average molecular weight is 400 g/mol. The number of nitrogens with zero attached hydrogens (tertiary/aromatic N) is 5. The van der Waals surface area contributed by atoms with Gasteiger partial charge in [0.15, 0.2) is 11.6 Å². The van der Waals surface area contributed by atoms with Crippen molar-refractivity contribution in [2.24, 2.45) is 4.99 Å². The summed E-state index contributed by atoms with van der Waals surface area (Å²) in [6, 6.07) is 5.95. The highest BCUT2D eigenvalue weighted by atomic mass is 16.5. The molecular weight excluding hydrogens is 366 g/mol. The van der Waals surface area contributed by atoms with Crippen LogP contribution in [0.15, 0.2) is 29.4 Å². The van der Waals surface area contributed by atoms with E-state index in [1.165, 1.54) is 32.1 Å². The molecule has 0 spiro atoms. The average Bonchev–Trinajstić information content (AvgIpc) is 3.20. The van der Waals surface area contributed by atoms with Crippen molar-refractivity contribution in [3.8, 4) is 0 Å². The Hall–Kier alpha value is -2.19. The molecule has 1 saturated heterocycles. The SMILES string of the molecule is CN=C(NCCc1nnc2ccccn12)NCC1(N2CCOCC2)CCCCC1. The molecule has 8 heteroatoms. The van der Waals surface area contributed by atoms with Crippen LogP contribution in [-0.4, -0.2) is 77.4 Å². The fourth-order valence-electron chi connectivity index (χ4n) is 4.68. The molecule has 0 aromatic carbocycles. The zero-order chi connectivity index (χ0) is 19.9. The number of aromatic nitrogens is 3. The van der Waals surface area contributed by atoms with Crippen LogP contribution in [-0.2, 0) is 11.2 Å². The molecule has 2 aliphatic rings. The lowest BCUT2D eigenvalue weighted by Crippen LogP contribution is -2.60. The summed E-state index contributed by atoms with van der Waals surface area (Å²) in [7, 11) is 1.84. The van der Waals surface area contributed by atoms with E-state index in [0.717, 1.165) is 63.2 Å². The van der Waals surface area contributed by atoms with Crippen molar-refractivity contribution >= 4 is 11.6 Å². The topological polar surface area (TPSA) is 79.1 Å². The molecule has 158 valence electrons. The number of hydrogen-bond donors (Lipinski definition) is 2. The predicted molar refractivity (Wildman–Crippen MR) is 114 cm³/mol. The number of morpholine rings is 1. The summed E-state index contributed by atoms with van der Waals surface area (Å²) in [4.78, 5) is 7.09. The summed E-state index contributed by atoms with van der Waals surface area (Å²) < 4.78 is 7.63. The molecule has 1 aliphatic carbocycles. The fraction of sp³-hybridized carbons (Fsp3) is 0.667. The van der Waals surface area contributed by atoms with Gasteiger partial charge in [-0.15, -0.1) is 10.2 Å². The first-order valence-corrected chi connectivity index (χ1v) is 10.9. The molecule has 0 unspecified atom stereocenters. The van der Waals surface area contributed by atoms with Gasteiger partial charge in [0.05, 0.1) is 13.2 Å². The largest absolute Gasteiger partial charge is 0.379 e. The molecule has 0 bridgehead atoms. The van der Waals surface area contributed by atoms with Gasteiger partial charge in [0.25, 0.3) is 0 Å². The molecule has 3 heterocycles. The summed E-state index contributed by atoms with van der Waals surface area (Å²) in [5, 5.41) is 15.6. The van der Waals surface area contributed by atoms with Crippen molar-refractivity contribution in [3.05, 3.63) is 30.2 Å². The maximum absolute atomic E-state index is 5.59. The smallest absolute Gasteiger partial charge is 0.191 e. The van der Waals surface area contributed by atoms with Gasteiger partial charge in [-0.3, -0.25) is 14.3 Å². The van der Waals surface area contributed by atoms with Crippen LogP contribution in [0.4, 0.5) is 0 Å². The van der Waals surface area contributed by atoms with E-state index in [1.54, 1.807) is 0 Å². The van der Waals surface area contributed by atoms with E-state index >= 15 is 0 Å². The highest BCUT2D eigenvalue weighted by Gasteiger charge is 2.38. The van der Waals surface area contributed by atoms with E-state index in [9.17, 15) is 0 Å². The lowest BCUT2D eigenvalue weighted by molar-refractivity contribution is -0.0352. The van der Waals surface area contributed by atoms with Gasteiger partial charge in [0.2, 0.25) is 0 Å². The Morgan fingerprint density at radius 2 is 1.97 bits per heavy atom. The van der Waals surface area contributed by atoms with Gasteiger partial charge in [0.1, 0.15) is 5.82 Å². The number of pyridine rings is 1. The highest BCUT2D eigenvalue weighted by Crippen LogP contribution is 2.33. The van der Waals surface area contributed by atoms with Gasteiger partial charge in [-0.25, -0.2) is 0 Å². The molecule has 4 rings (SSSR count). The van der Waals surface area contributed by atoms with Crippen LogP contribution in [0.3, 0.4) is 0 Å². The highest BCUT2D eigenvalue weighted by molar-refractivity contribution is 5.79. The standard InChI is InChI=1S/C21H33N7O/c1-22-20(23-11-8-19-26-25-18-7-3-6-12-28(18)19)24-17-21(9-4-2-5-10-21)27-13-15-29-16-14-27/h3,6-7,12H,2,4-5,8-11,13-17H2,1H3,(H2,22,23,24). The second-order valence-electron chi connectivity index (χ2n) is 8.03. The monoisotopic (exact) mass is 399 g/mol. The third kappa shape index (κ3) is 4.70. The third-order valence-corrected chi connectivity index (χ3v) is 6.30. The Bertz CT molecular complexity index is 806. The summed E-state index contributed by atoms with van der Waals surface area (Å²) >= 11 is 0. The van der Waals surface area contributed by atoms with Crippen LogP contribution >= 0.6 is 0 Å². The van der Waals surface area contributed by atoms with Crippen LogP contribution in [0.5, 0.6) is 0 Å². The molecule has 2 fully saturated rings. The lowest BCUT2D eigenvalue weighted by atomic mass is 9.80. The van der Waals surface area contributed by atoms with Crippen LogP contribution < -0.4 is 10.6 Å². The van der Waals surface area contributed by atoms with Crippen molar-refractivity contribution in [1.29, 1.82) is 0 Å². The van der Waals surface area contributed by atoms with E-state index < -0.39 is 0 Å². The molecule has 29 heavy (non-hydrogen) atoms. The van der Waals surface area contributed by atoms with Gasteiger partial charge >= 0.3 is 0 Å². The van der Waals surface area contributed by atoms with Crippen LogP contribution in [0.25, 0.3) is 5.65 Å². The normalized spacial score (nSPS) is 20.7. The molecule has 0 amide bonds. The summed E-state index contributed by atoms with van der Waals surface area (Å²) in [6.45, 7) is 5.46. The Balaban J connectivity index is 1.32. The van der Waals surface area contributed by atoms with E-state index in [4.69, 9.17) is 4.74 Å². The molecule has 8 nitrogen and oxygen atoms in total. The minimum absolute atomic E-state index is 0.225. The van der Waals surface area contributed by atoms with Crippen LogP contribution in [0.2, 0.25) is 0 Å². The molecule has 2 N–H and O–H groups in total. The Labute approximate surface area is 172 Å². The maximum Gasteiger partial charge on any atom is 0.191 e. The van der Waals surface area contributed by atoms with Gasteiger partial charge in [-0.1, -0.05) is 25.3 Å². The van der Waals surface area contributed by atoms with E-state index in [0.29, 0.717) is 0 Å². The quantitative estimate of drug-likeness (QED) is 0.566. The Morgan fingerprint density at radius 1 is 1.14 bits per heavy atom. The number of aliphatic imine (C=N–C) groups is 1. The number of fused-ring (bicyclic) bond motifs is 1. The number of guanidine groups is 1. The van der Waals surface area contributed by atoms with Gasteiger partial charge in [-0.05, 0) is 25.0 Å². The molecule has 1 aliphatic heterocycles. The molecule has 1 saturated carbocycles. The number of nitrogens with one attached hydrogen (secondary N) is 2. The second kappa shape index (κ2) is 9.54. The number of ether oxygens (including phenoxy) is 1. The van der Waals surface area contributed by atoms with Crippen molar-refractivity contribution in [1.82, 2.24) is 30.1 Å². The summed E-state index contributed by atoms with van der Waals surface area (Å²) in [5.41, 5.74) is 1.11. The molecule has 0 atom stereocenters. The second-order valence-corrected chi connectivity index (χ2v) is 8.03. The fourth-order valence-corrected chi connectivity index (χ4v) is 4.68. The molecule has 2 aromatic heterocycles. The van der Waals surface area contributed by atoms with Crippen molar-refractivity contribution < 1.29 is 4.74 Å². The lowest BCUT2D eigenvalue weighted by Gasteiger charge is -2.48. The van der Waals surface area contributed by atoms with E-state index in [2.05, 4.69) is 30.7 Å². The van der Waals surface area contributed by atoms with Gasteiger partial charge < -0.3 is 15.4 Å². The first kappa shape index (κ1) is 20.1. The summed E-state index contributed by atoms with van der Waals surface area (Å²) in [5.74, 6) is 1.82. The van der Waals surface area contributed by atoms with E-state index in [1.807, 2.05) is 35.8 Å². The first-order valence-electron chi connectivity index (χ1n) is 10.9. The minimum atomic E-state index is 0.225. The molecular formula is C21H33N7O.